The molecule has 0 bridgehead atoms. The molecule has 0 spiro atoms. The maximum absolute atomic E-state index is 11.9. The summed E-state index contributed by atoms with van der Waals surface area (Å²) < 4.78 is 5.30. The van der Waals surface area contributed by atoms with E-state index < -0.39 is 4.92 Å². The number of amides is 1. The van der Waals surface area contributed by atoms with Crippen LogP contribution in [0.5, 0.6) is 5.75 Å². The van der Waals surface area contributed by atoms with E-state index in [1.54, 1.807) is 25.1 Å². The van der Waals surface area contributed by atoms with Gasteiger partial charge in [0.15, 0.2) is 6.61 Å². The van der Waals surface area contributed by atoms with Crippen molar-refractivity contribution in [2.45, 2.75) is 13.0 Å². The first-order valence-corrected chi connectivity index (χ1v) is 7.74. The van der Waals surface area contributed by atoms with Crippen molar-refractivity contribution in [1.29, 1.82) is 0 Å². The fourth-order valence-corrected chi connectivity index (χ4v) is 2.60. The lowest BCUT2D eigenvalue weighted by atomic mass is 10.1. The Labute approximate surface area is 148 Å². The number of nitrogens with one attached hydrogen (secondary N) is 1. The summed E-state index contributed by atoms with van der Waals surface area (Å²) in [6.45, 7) is 1.58. The summed E-state index contributed by atoms with van der Waals surface area (Å²) in [6, 6.07) is 10.2. The zero-order valence-corrected chi connectivity index (χ0v) is 14.2. The van der Waals surface area contributed by atoms with Gasteiger partial charge < -0.3 is 10.1 Å². The van der Waals surface area contributed by atoms with E-state index in [1.165, 1.54) is 24.3 Å². The molecule has 0 saturated carbocycles. The van der Waals surface area contributed by atoms with Crippen LogP contribution >= 0.6 is 23.2 Å². The van der Waals surface area contributed by atoms with E-state index >= 15 is 0 Å². The highest BCUT2D eigenvalue weighted by Gasteiger charge is 2.13. The van der Waals surface area contributed by atoms with Crippen LogP contribution in [0.4, 0.5) is 5.69 Å². The van der Waals surface area contributed by atoms with Gasteiger partial charge in [0, 0.05) is 22.2 Å². The molecule has 2 rings (SSSR count). The van der Waals surface area contributed by atoms with Gasteiger partial charge in [-0.1, -0.05) is 29.3 Å². The quantitative estimate of drug-likeness (QED) is 0.612. The molecule has 126 valence electrons. The van der Waals surface area contributed by atoms with Gasteiger partial charge in [-0.25, -0.2) is 0 Å². The van der Waals surface area contributed by atoms with Crippen molar-refractivity contribution in [3.05, 3.63) is 68.2 Å². The summed E-state index contributed by atoms with van der Waals surface area (Å²) in [5.74, 6) is 0.0276. The third kappa shape index (κ3) is 4.84. The Bertz CT molecular complexity index is 750. The highest BCUT2D eigenvalue weighted by molar-refractivity contribution is 6.35. The summed E-state index contributed by atoms with van der Waals surface area (Å²) in [7, 11) is 0. The predicted octanol–water partition coefficient (Wildman–Crippen LogP) is 4.16. The van der Waals surface area contributed by atoms with Gasteiger partial charge >= 0.3 is 0 Å². The van der Waals surface area contributed by atoms with Crippen molar-refractivity contribution < 1.29 is 14.5 Å². The maximum atomic E-state index is 11.9. The van der Waals surface area contributed by atoms with Crippen molar-refractivity contribution in [2.24, 2.45) is 0 Å². The van der Waals surface area contributed by atoms with Crippen LogP contribution in [0.1, 0.15) is 18.5 Å². The fraction of sp³-hybridized carbons (Fsp3) is 0.188. The summed E-state index contributed by atoms with van der Waals surface area (Å²) in [6.07, 6.45) is 0. The van der Waals surface area contributed by atoms with Crippen LogP contribution in [0.25, 0.3) is 0 Å². The standard InChI is InChI=1S/C16H14Cl2N2O4/c1-10(14-7-2-11(17)8-15(14)18)19-16(21)9-24-13-5-3-12(4-6-13)20(22)23/h2-8,10H,9H2,1H3,(H,19,21)/t10-/m0/s1. The second-order valence-corrected chi connectivity index (χ2v) is 5.84. The molecule has 0 aliphatic rings. The number of non-ortho nitro benzene ring substituents is 1. The molecule has 8 heteroatoms. The van der Waals surface area contributed by atoms with Crippen LogP contribution < -0.4 is 10.1 Å². The van der Waals surface area contributed by atoms with Gasteiger partial charge in [-0.05, 0) is 36.8 Å². The van der Waals surface area contributed by atoms with Gasteiger partial charge in [0.1, 0.15) is 5.75 Å². The van der Waals surface area contributed by atoms with Crippen molar-refractivity contribution in [1.82, 2.24) is 5.32 Å². The Morgan fingerprint density at radius 2 is 1.92 bits per heavy atom. The summed E-state index contributed by atoms with van der Waals surface area (Å²) in [5, 5.41) is 14.3. The first-order valence-electron chi connectivity index (χ1n) is 6.98. The molecule has 0 unspecified atom stereocenters. The van der Waals surface area contributed by atoms with E-state index in [-0.39, 0.29) is 24.2 Å². The Hall–Kier alpha value is -2.31. The molecule has 24 heavy (non-hydrogen) atoms. The molecule has 2 aromatic rings. The molecule has 0 radical (unpaired) electrons. The summed E-state index contributed by atoms with van der Waals surface area (Å²) in [5.41, 5.74) is 0.697. The summed E-state index contributed by atoms with van der Waals surface area (Å²) >= 11 is 11.9. The second kappa shape index (κ2) is 7.99. The molecule has 1 N–H and O–H groups in total. The molecule has 0 fully saturated rings. The number of benzene rings is 2. The van der Waals surface area contributed by atoms with Gasteiger partial charge in [0.05, 0.1) is 11.0 Å². The van der Waals surface area contributed by atoms with E-state index in [4.69, 9.17) is 27.9 Å². The Morgan fingerprint density at radius 1 is 1.25 bits per heavy atom. The lowest BCUT2D eigenvalue weighted by Gasteiger charge is -2.16. The van der Waals surface area contributed by atoms with Crippen molar-refractivity contribution in [2.75, 3.05) is 6.61 Å². The average molecular weight is 369 g/mol. The molecular formula is C16H14Cl2N2O4. The molecule has 2 aromatic carbocycles. The van der Waals surface area contributed by atoms with Crippen LogP contribution in [0.2, 0.25) is 10.0 Å². The Morgan fingerprint density at radius 3 is 2.50 bits per heavy atom. The first-order chi connectivity index (χ1) is 11.4. The van der Waals surface area contributed by atoms with Crippen molar-refractivity contribution >= 4 is 34.8 Å². The third-order valence-corrected chi connectivity index (χ3v) is 3.79. The van der Waals surface area contributed by atoms with Gasteiger partial charge in [-0.2, -0.15) is 0 Å². The number of nitrogens with zero attached hydrogens (tertiary/aromatic N) is 1. The van der Waals surface area contributed by atoms with Gasteiger partial charge in [-0.15, -0.1) is 0 Å². The van der Waals surface area contributed by atoms with E-state index in [2.05, 4.69) is 5.32 Å². The molecule has 0 aromatic heterocycles. The average Bonchev–Trinajstić information content (AvgIpc) is 2.53. The maximum Gasteiger partial charge on any atom is 0.269 e. The molecule has 0 aliphatic carbocycles. The van der Waals surface area contributed by atoms with Crippen molar-refractivity contribution in [3.63, 3.8) is 0 Å². The molecular weight excluding hydrogens is 355 g/mol. The normalized spacial score (nSPS) is 11.6. The monoisotopic (exact) mass is 368 g/mol. The lowest BCUT2D eigenvalue weighted by molar-refractivity contribution is -0.384. The number of nitro benzene ring substituents is 1. The van der Waals surface area contributed by atoms with Gasteiger partial charge in [0.2, 0.25) is 0 Å². The van der Waals surface area contributed by atoms with Crippen molar-refractivity contribution in [3.8, 4) is 5.75 Å². The third-order valence-electron chi connectivity index (χ3n) is 3.22. The highest BCUT2D eigenvalue weighted by atomic mass is 35.5. The van der Waals surface area contributed by atoms with E-state index in [9.17, 15) is 14.9 Å². The minimum absolute atomic E-state index is 0.0437. The Kier molecular flexibility index (Phi) is 6.00. The van der Waals surface area contributed by atoms with Crippen LogP contribution in [0.3, 0.4) is 0 Å². The number of hydrogen-bond donors (Lipinski definition) is 1. The number of carbonyl (C=O) groups is 1. The lowest BCUT2D eigenvalue weighted by Crippen LogP contribution is -2.31. The molecule has 6 nitrogen and oxygen atoms in total. The molecule has 0 aliphatic heterocycles. The topological polar surface area (TPSA) is 81.5 Å². The van der Waals surface area contributed by atoms with Gasteiger partial charge in [-0.3, -0.25) is 14.9 Å². The number of carbonyl (C=O) groups excluding carboxylic acids is 1. The minimum atomic E-state index is -0.506. The molecule has 1 amide bonds. The van der Waals surface area contributed by atoms with E-state index in [0.717, 1.165) is 5.56 Å². The second-order valence-electron chi connectivity index (χ2n) is 4.99. The van der Waals surface area contributed by atoms with Gasteiger partial charge in [0.25, 0.3) is 11.6 Å². The molecule has 0 heterocycles. The highest BCUT2D eigenvalue weighted by Crippen LogP contribution is 2.26. The SMILES string of the molecule is C[C@H](NC(=O)COc1ccc([N+](=O)[O-])cc1)c1ccc(Cl)cc1Cl. The number of ether oxygens (including phenoxy) is 1. The number of rotatable bonds is 6. The van der Waals surface area contributed by atoms with Crippen LogP contribution in [0.15, 0.2) is 42.5 Å². The fourth-order valence-electron chi connectivity index (χ4n) is 2.03. The molecule has 1 atom stereocenters. The van der Waals surface area contributed by atoms with Crippen LogP contribution in [-0.4, -0.2) is 17.4 Å². The minimum Gasteiger partial charge on any atom is -0.484 e. The largest absolute Gasteiger partial charge is 0.484 e. The smallest absolute Gasteiger partial charge is 0.269 e. The molecule has 0 saturated heterocycles. The zero-order chi connectivity index (χ0) is 17.7. The Balaban J connectivity index is 1.89. The van der Waals surface area contributed by atoms with E-state index in [0.29, 0.717) is 15.8 Å². The number of nitro groups is 1. The van der Waals surface area contributed by atoms with Crippen LogP contribution in [0, 0.1) is 10.1 Å². The number of halogens is 2. The number of hydrogen-bond acceptors (Lipinski definition) is 4. The summed E-state index contributed by atoms with van der Waals surface area (Å²) in [4.78, 5) is 22.0. The first kappa shape index (κ1) is 18.0. The zero-order valence-electron chi connectivity index (χ0n) is 12.7. The van der Waals surface area contributed by atoms with Crippen LogP contribution in [-0.2, 0) is 4.79 Å². The predicted molar refractivity (Wildman–Crippen MR) is 91.6 cm³/mol. The van der Waals surface area contributed by atoms with E-state index in [1.807, 2.05) is 0 Å².